The highest BCUT2D eigenvalue weighted by molar-refractivity contribution is 7.97. The summed E-state index contributed by atoms with van der Waals surface area (Å²) in [5.41, 5.74) is 1.32. The molecule has 0 fully saturated rings. The van der Waals surface area contributed by atoms with Crippen LogP contribution < -0.4 is 0 Å². The highest BCUT2D eigenvalue weighted by Gasteiger charge is 1.72. The van der Waals surface area contributed by atoms with Gasteiger partial charge in [0, 0.05) is 14.2 Å². The third-order valence-corrected chi connectivity index (χ3v) is 0.940. The van der Waals surface area contributed by atoms with Gasteiger partial charge in [-0.25, -0.2) is 0 Å². The number of thioether (sulfide) groups is 1. The second-order valence-electron chi connectivity index (χ2n) is 2.47. The molecule has 1 aromatic carbocycles. The van der Waals surface area contributed by atoms with E-state index in [0.29, 0.717) is 0 Å². The molecule has 1 nitrogen and oxygen atoms in total. The lowest BCUT2D eigenvalue weighted by atomic mass is 10.2. The highest BCUT2D eigenvalue weighted by atomic mass is 32.2. The molecule has 0 aliphatic heterocycles. The minimum Gasteiger partial charge on any atom is -0.388 e. The molecule has 1 rings (SSSR count). The van der Waals surface area contributed by atoms with Crippen LogP contribution in [-0.4, -0.2) is 26.7 Å². The van der Waals surface area contributed by atoms with Gasteiger partial charge in [-0.2, -0.15) is 11.8 Å². The summed E-state index contributed by atoms with van der Waals surface area (Å²) in [6, 6.07) is 10.3. The van der Waals surface area contributed by atoms with Crippen molar-refractivity contribution in [1.82, 2.24) is 0 Å². The molecule has 0 aliphatic carbocycles. The summed E-state index contributed by atoms with van der Waals surface area (Å²) in [4.78, 5) is 0. The van der Waals surface area contributed by atoms with Crippen molar-refractivity contribution < 1.29 is 4.74 Å². The Morgan fingerprint density at radius 2 is 1.20 bits per heavy atom. The summed E-state index contributed by atoms with van der Waals surface area (Å²) in [6.07, 6.45) is 4.08. The Labute approximate surface area is 100 Å². The Balaban J connectivity index is -0.000000154. The van der Waals surface area contributed by atoms with Crippen LogP contribution in [-0.2, 0) is 4.74 Å². The molecular weight excluding hydrogens is 204 g/mol. The Morgan fingerprint density at radius 1 is 0.933 bits per heavy atom. The van der Waals surface area contributed by atoms with E-state index in [2.05, 4.69) is 23.8 Å². The van der Waals surface area contributed by atoms with Gasteiger partial charge in [0.15, 0.2) is 0 Å². The lowest BCUT2D eigenvalue weighted by molar-refractivity contribution is 0.277. The van der Waals surface area contributed by atoms with Crippen LogP contribution in [0, 0.1) is 6.92 Å². The van der Waals surface area contributed by atoms with E-state index in [9.17, 15) is 0 Å². The third-order valence-electron chi connectivity index (χ3n) is 0.940. The van der Waals surface area contributed by atoms with Gasteiger partial charge >= 0.3 is 0 Å². The SMILES string of the molecule is CC.COC.CSC.Cc1ccccc1. The van der Waals surface area contributed by atoms with E-state index >= 15 is 0 Å². The molecule has 1 aromatic rings. The summed E-state index contributed by atoms with van der Waals surface area (Å²) in [7, 11) is 3.25. The lowest BCUT2D eigenvalue weighted by Crippen LogP contribution is -1.62. The van der Waals surface area contributed by atoms with Gasteiger partial charge in [-0.1, -0.05) is 49.7 Å². The van der Waals surface area contributed by atoms with Gasteiger partial charge in [0.2, 0.25) is 0 Å². The first-order valence-electron chi connectivity index (χ1n) is 5.04. The van der Waals surface area contributed by atoms with Crippen LogP contribution in [0.25, 0.3) is 0 Å². The van der Waals surface area contributed by atoms with Gasteiger partial charge in [-0.3, -0.25) is 0 Å². The van der Waals surface area contributed by atoms with Gasteiger partial charge in [0.1, 0.15) is 0 Å². The van der Waals surface area contributed by atoms with Crippen LogP contribution in [0.3, 0.4) is 0 Å². The molecule has 0 spiro atoms. The largest absolute Gasteiger partial charge is 0.388 e. The molecule has 0 saturated carbocycles. The number of hydrogen-bond acceptors (Lipinski definition) is 2. The summed E-state index contributed by atoms with van der Waals surface area (Å²) in [5.74, 6) is 0. The van der Waals surface area contributed by atoms with Crippen molar-refractivity contribution in [2.24, 2.45) is 0 Å². The second-order valence-corrected chi connectivity index (χ2v) is 3.29. The first kappa shape index (κ1) is 20.0. The molecule has 0 heterocycles. The first-order valence-corrected chi connectivity index (χ1v) is 6.68. The van der Waals surface area contributed by atoms with Crippen molar-refractivity contribution >= 4 is 11.8 Å². The number of methoxy groups -OCH3 is 1. The van der Waals surface area contributed by atoms with Crippen molar-refractivity contribution in [3.05, 3.63) is 35.9 Å². The molecule has 15 heavy (non-hydrogen) atoms. The van der Waals surface area contributed by atoms with Crippen molar-refractivity contribution in [3.63, 3.8) is 0 Å². The lowest BCUT2D eigenvalue weighted by Gasteiger charge is -1.82. The average Bonchev–Trinajstić information content (AvgIpc) is 2.24. The standard InChI is InChI=1S/C7H8.C2H6O.C2H6S.C2H6/c1-7-5-3-2-4-6-7;2*1-3-2;1-2/h2-6H,1H3;2*1-2H3;1-2H3. The van der Waals surface area contributed by atoms with E-state index in [1.165, 1.54) is 5.56 Å². The number of ether oxygens (including phenoxy) is 1. The van der Waals surface area contributed by atoms with Crippen molar-refractivity contribution in [1.29, 1.82) is 0 Å². The highest BCUT2D eigenvalue weighted by Crippen LogP contribution is 1.92. The fourth-order valence-corrected chi connectivity index (χ4v) is 0.534. The number of rotatable bonds is 0. The maximum Gasteiger partial charge on any atom is 0.0351 e. The monoisotopic (exact) mass is 230 g/mol. The third kappa shape index (κ3) is 31.7. The molecule has 0 radical (unpaired) electrons. The molecule has 0 aromatic heterocycles. The van der Waals surface area contributed by atoms with Crippen molar-refractivity contribution in [2.75, 3.05) is 26.7 Å². The van der Waals surface area contributed by atoms with Crippen LogP contribution in [0.4, 0.5) is 0 Å². The predicted octanol–water partition coefficient (Wildman–Crippen LogP) is 4.26. The van der Waals surface area contributed by atoms with Gasteiger partial charge < -0.3 is 4.74 Å². The maximum atomic E-state index is 4.25. The first-order chi connectivity index (χ1) is 7.22. The Bertz CT molecular complexity index is 161. The molecular formula is C13H26OS. The van der Waals surface area contributed by atoms with Crippen LogP contribution in [0.1, 0.15) is 19.4 Å². The average molecular weight is 230 g/mol. The minimum absolute atomic E-state index is 1.32. The Kier molecular flexibility index (Phi) is 31.2. The molecule has 0 aliphatic rings. The molecule has 90 valence electrons. The Morgan fingerprint density at radius 3 is 1.33 bits per heavy atom. The van der Waals surface area contributed by atoms with E-state index < -0.39 is 0 Å². The van der Waals surface area contributed by atoms with E-state index in [1.54, 1.807) is 26.0 Å². The number of aryl methyl sites for hydroxylation is 1. The molecule has 0 amide bonds. The van der Waals surface area contributed by atoms with Crippen molar-refractivity contribution in [3.8, 4) is 0 Å². The summed E-state index contributed by atoms with van der Waals surface area (Å²) in [5, 5.41) is 0. The van der Waals surface area contributed by atoms with Gasteiger partial charge in [0.25, 0.3) is 0 Å². The van der Waals surface area contributed by atoms with Gasteiger partial charge in [-0.05, 0) is 19.4 Å². The van der Waals surface area contributed by atoms with E-state index in [0.717, 1.165) is 0 Å². The topological polar surface area (TPSA) is 9.23 Å². The molecule has 0 N–H and O–H groups in total. The number of benzene rings is 1. The number of hydrogen-bond donors (Lipinski definition) is 0. The van der Waals surface area contributed by atoms with Crippen LogP contribution in [0.2, 0.25) is 0 Å². The maximum absolute atomic E-state index is 4.25. The fourth-order valence-electron chi connectivity index (χ4n) is 0.534. The summed E-state index contributed by atoms with van der Waals surface area (Å²) < 4.78 is 4.25. The smallest absolute Gasteiger partial charge is 0.0351 e. The zero-order valence-electron chi connectivity index (χ0n) is 11.2. The van der Waals surface area contributed by atoms with Gasteiger partial charge in [-0.15, -0.1) is 0 Å². The minimum atomic E-state index is 1.32. The molecule has 2 heteroatoms. The Hall–Kier alpha value is -0.470. The molecule has 0 bridgehead atoms. The van der Waals surface area contributed by atoms with Crippen LogP contribution in [0.5, 0.6) is 0 Å². The van der Waals surface area contributed by atoms with Crippen LogP contribution in [0.15, 0.2) is 30.3 Å². The zero-order valence-corrected chi connectivity index (χ0v) is 12.0. The predicted molar refractivity (Wildman–Crippen MR) is 74.9 cm³/mol. The molecule has 0 unspecified atom stereocenters. The normalized spacial score (nSPS) is 6.87. The van der Waals surface area contributed by atoms with E-state index in [-0.39, 0.29) is 0 Å². The van der Waals surface area contributed by atoms with Crippen molar-refractivity contribution in [2.45, 2.75) is 20.8 Å². The van der Waals surface area contributed by atoms with E-state index in [4.69, 9.17) is 0 Å². The van der Waals surface area contributed by atoms with Crippen LogP contribution >= 0.6 is 11.8 Å². The zero-order chi connectivity index (χ0) is 12.5. The summed E-state index contributed by atoms with van der Waals surface area (Å²) in [6.45, 7) is 6.08. The fraction of sp³-hybridized carbons (Fsp3) is 0.538. The quantitative estimate of drug-likeness (QED) is 0.658. The summed E-state index contributed by atoms with van der Waals surface area (Å²) >= 11 is 1.75. The molecule has 0 saturated heterocycles. The molecule has 0 atom stereocenters. The second kappa shape index (κ2) is 23.4. The van der Waals surface area contributed by atoms with Gasteiger partial charge in [0.05, 0.1) is 0 Å². The van der Waals surface area contributed by atoms with E-state index in [1.807, 2.05) is 44.6 Å².